The molecule has 9 nitrogen and oxygen atoms in total. The molecule has 43 heavy (non-hydrogen) atoms. The van der Waals surface area contributed by atoms with Crippen LogP contribution in [0.4, 0.5) is 23.7 Å². The van der Waals surface area contributed by atoms with E-state index in [-0.39, 0.29) is 35.6 Å². The number of hydrogen-bond donors (Lipinski definition) is 2. The zero-order valence-corrected chi connectivity index (χ0v) is 25.1. The molecular weight excluding hydrogens is 585 g/mol. The van der Waals surface area contributed by atoms with Gasteiger partial charge in [0.2, 0.25) is 0 Å². The number of fused-ring (bicyclic) bond motifs is 1. The van der Waals surface area contributed by atoms with Crippen molar-refractivity contribution < 1.29 is 27.5 Å². The van der Waals surface area contributed by atoms with E-state index < -0.39 is 17.5 Å². The summed E-state index contributed by atoms with van der Waals surface area (Å²) >= 11 is 6.14. The molecule has 2 aromatic heterocycles. The van der Waals surface area contributed by atoms with Gasteiger partial charge in [0.05, 0.1) is 23.3 Å². The Balaban J connectivity index is 1.22. The van der Waals surface area contributed by atoms with Crippen LogP contribution >= 0.6 is 11.6 Å². The van der Waals surface area contributed by atoms with Crippen LogP contribution in [-0.2, 0) is 10.9 Å². The molecule has 0 bridgehead atoms. The first kappa shape index (κ1) is 30.9. The monoisotopic (exact) mass is 620 g/mol. The van der Waals surface area contributed by atoms with Gasteiger partial charge < -0.3 is 20.3 Å². The molecule has 2 fully saturated rings. The number of ether oxygens (including phenoxy) is 1. The van der Waals surface area contributed by atoms with Gasteiger partial charge in [0.1, 0.15) is 11.3 Å². The summed E-state index contributed by atoms with van der Waals surface area (Å²) in [5, 5.41) is 11.7. The smallest absolute Gasteiger partial charge is 0.433 e. The number of pyridine rings is 1. The van der Waals surface area contributed by atoms with E-state index in [1.165, 1.54) is 18.3 Å². The first-order valence-corrected chi connectivity index (χ1v) is 14.9. The standard InChI is InChI=1S/C30H36ClF3N6O3/c1-29(2,3)43-28(42)39-11-5-8-22(17-39)40-16-18(15-35-40)27(41)37-21-7-4-6-20(13-21)36-25-14-26(30(32,33)34)38-24-10-9-19(31)12-23(24)25/h9-10,12,14-16,20-22H,4-8,11,13,17H2,1-3H3,(H,36,38)(H,37,41)/t20-,21+,22+/m0/s1. The highest BCUT2D eigenvalue weighted by Crippen LogP contribution is 2.35. The predicted octanol–water partition coefficient (Wildman–Crippen LogP) is 6.83. The van der Waals surface area contributed by atoms with Gasteiger partial charge in [-0.05, 0) is 83.6 Å². The minimum atomic E-state index is -4.59. The molecule has 2 N–H and O–H groups in total. The second-order valence-corrected chi connectivity index (χ2v) is 12.8. The van der Waals surface area contributed by atoms with Crippen molar-refractivity contribution in [2.45, 2.75) is 89.2 Å². The van der Waals surface area contributed by atoms with Gasteiger partial charge in [0, 0.05) is 47.5 Å². The summed E-state index contributed by atoms with van der Waals surface area (Å²) in [7, 11) is 0. The van der Waals surface area contributed by atoms with Crippen LogP contribution in [0.2, 0.25) is 5.02 Å². The highest BCUT2D eigenvalue weighted by atomic mass is 35.5. The zero-order chi connectivity index (χ0) is 30.9. The number of hydrogen-bond acceptors (Lipinski definition) is 6. The molecule has 13 heteroatoms. The average molecular weight is 621 g/mol. The number of carbonyl (C=O) groups excluding carboxylic acids is 2. The number of likely N-dealkylation sites (tertiary alicyclic amines) is 1. The third-order valence-electron chi connectivity index (χ3n) is 7.72. The Hall–Kier alpha value is -3.54. The number of benzene rings is 1. The van der Waals surface area contributed by atoms with Crippen molar-refractivity contribution in [3.8, 4) is 0 Å². The van der Waals surface area contributed by atoms with Gasteiger partial charge in [-0.25, -0.2) is 9.78 Å². The Labute approximate surface area is 253 Å². The summed E-state index contributed by atoms with van der Waals surface area (Å²) in [5.41, 5.74) is -0.637. The lowest BCUT2D eigenvalue weighted by Gasteiger charge is -2.34. The fourth-order valence-electron chi connectivity index (χ4n) is 5.72. The molecule has 0 spiro atoms. The van der Waals surface area contributed by atoms with Crippen molar-refractivity contribution in [1.29, 1.82) is 0 Å². The quantitative estimate of drug-likeness (QED) is 0.324. The van der Waals surface area contributed by atoms with Gasteiger partial charge in [0.15, 0.2) is 0 Å². The van der Waals surface area contributed by atoms with E-state index in [9.17, 15) is 22.8 Å². The molecule has 3 aromatic rings. The molecule has 2 amide bonds. The Morgan fingerprint density at radius 1 is 1.07 bits per heavy atom. The van der Waals surface area contributed by atoms with E-state index in [0.29, 0.717) is 41.2 Å². The molecule has 1 saturated carbocycles. The largest absolute Gasteiger partial charge is 0.444 e. The second-order valence-electron chi connectivity index (χ2n) is 12.3. The van der Waals surface area contributed by atoms with Crippen molar-refractivity contribution in [1.82, 2.24) is 25.0 Å². The Kier molecular flexibility index (Phi) is 8.78. The van der Waals surface area contributed by atoms with Crippen molar-refractivity contribution in [2.75, 3.05) is 18.4 Å². The second kappa shape index (κ2) is 12.2. The zero-order valence-electron chi connectivity index (χ0n) is 24.4. The number of carbonyl (C=O) groups is 2. The van der Waals surface area contributed by atoms with Gasteiger partial charge in [0.25, 0.3) is 5.91 Å². The molecule has 2 aliphatic rings. The van der Waals surface area contributed by atoms with Crippen LogP contribution < -0.4 is 10.6 Å². The first-order valence-electron chi connectivity index (χ1n) is 14.5. The highest BCUT2D eigenvalue weighted by Gasteiger charge is 2.34. The number of anilines is 1. The molecule has 3 heterocycles. The maximum atomic E-state index is 13.6. The fraction of sp³-hybridized carbons (Fsp3) is 0.533. The highest BCUT2D eigenvalue weighted by molar-refractivity contribution is 6.31. The molecule has 1 saturated heterocycles. The van der Waals surface area contributed by atoms with Crippen molar-refractivity contribution in [2.24, 2.45) is 0 Å². The minimum absolute atomic E-state index is 0.0728. The predicted molar refractivity (Wildman–Crippen MR) is 157 cm³/mol. The third kappa shape index (κ3) is 7.70. The average Bonchev–Trinajstić information content (AvgIpc) is 3.43. The molecule has 1 aliphatic carbocycles. The Morgan fingerprint density at radius 2 is 1.84 bits per heavy atom. The number of alkyl halides is 3. The normalized spacial score (nSPS) is 21.5. The van der Waals surface area contributed by atoms with Crippen LogP contribution in [0.3, 0.4) is 0 Å². The molecule has 0 radical (unpaired) electrons. The lowest BCUT2D eigenvalue weighted by molar-refractivity contribution is -0.140. The summed E-state index contributed by atoms with van der Waals surface area (Å²) in [6.45, 7) is 6.54. The van der Waals surface area contributed by atoms with E-state index in [0.717, 1.165) is 38.2 Å². The summed E-state index contributed by atoms with van der Waals surface area (Å²) in [5.74, 6) is -0.266. The van der Waals surface area contributed by atoms with Crippen molar-refractivity contribution in [3.05, 3.63) is 52.9 Å². The third-order valence-corrected chi connectivity index (χ3v) is 7.95. The van der Waals surface area contributed by atoms with Crippen LogP contribution in [-0.4, -0.2) is 62.4 Å². The maximum absolute atomic E-state index is 13.6. The number of piperidine rings is 1. The van der Waals surface area contributed by atoms with Gasteiger partial charge in [-0.3, -0.25) is 9.48 Å². The summed E-state index contributed by atoms with van der Waals surface area (Å²) in [6.07, 6.45) is 2.71. The van der Waals surface area contributed by atoms with Crippen LogP contribution in [0.25, 0.3) is 10.9 Å². The molecular formula is C30H36ClF3N6O3. The van der Waals surface area contributed by atoms with Crippen LogP contribution in [0.1, 0.15) is 81.4 Å². The summed E-state index contributed by atoms with van der Waals surface area (Å²) < 4.78 is 47.9. The minimum Gasteiger partial charge on any atom is -0.444 e. The van der Waals surface area contributed by atoms with Crippen LogP contribution in [0, 0.1) is 0 Å². The lowest BCUT2D eigenvalue weighted by atomic mass is 9.90. The fourth-order valence-corrected chi connectivity index (χ4v) is 5.89. The Bertz CT molecular complexity index is 1490. The first-order chi connectivity index (χ1) is 20.2. The molecule has 1 aromatic carbocycles. The van der Waals surface area contributed by atoms with Gasteiger partial charge >= 0.3 is 12.3 Å². The number of nitrogens with one attached hydrogen (secondary N) is 2. The molecule has 3 atom stereocenters. The summed E-state index contributed by atoms with van der Waals surface area (Å²) in [6, 6.07) is 5.21. The summed E-state index contributed by atoms with van der Waals surface area (Å²) in [4.78, 5) is 31.2. The van der Waals surface area contributed by atoms with Gasteiger partial charge in [-0.1, -0.05) is 11.6 Å². The van der Waals surface area contributed by atoms with Gasteiger partial charge in [-0.15, -0.1) is 0 Å². The topological polar surface area (TPSA) is 101 Å². The van der Waals surface area contributed by atoms with Crippen LogP contribution in [0.15, 0.2) is 36.7 Å². The van der Waals surface area contributed by atoms with Gasteiger partial charge in [-0.2, -0.15) is 18.3 Å². The number of amides is 2. The van der Waals surface area contributed by atoms with Crippen molar-refractivity contribution in [3.63, 3.8) is 0 Å². The van der Waals surface area contributed by atoms with Crippen molar-refractivity contribution >= 4 is 40.2 Å². The Morgan fingerprint density at radius 3 is 2.58 bits per heavy atom. The van der Waals surface area contributed by atoms with E-state index in [1.54, 1.807) is 21.8 Å². The number of halogens is 4. The molecule has 232 valence electrons. The van der Waals surface area contributed by atoms with Crippen LogP contribution in [0.5, 0.6) is 0 Å². The molecule has 5 rings (SSSR count). The number of rotatable bonds is 5. The van der Waals surface area contributed by atoms with E-state index in [2.05, 4.69) is 20.7 Å². The lowest BCUT2D eigenvalue weighted by Crippen LogP contribution is -2.43. The molecule has 1 aliphatic heterocycles. The van der Waals surface area contributed by atoms with E-state index in [4.69, 9.17) is 16.3 Å². The van der Waals surface area contributed by atoms with E-state index in [1.807, 2.05) is 20.8 Å². The van der Waals surface area contributed by atoms with E-state index >= 15 is 0 Å². The molecule has 0 unspecified atom stereocenters. The maximum Gasteiger partial charge on any atom is 0.433 e. The SMILES string of the molecule is CC(C)(C)OC(=O)N1CCC[C@@H](n2cc(C(=O)N[C@@H]3CCC[C@H](Nc4cc(C(F)(F)F)nc5ccc(Cl)cc45)C3)cn2)C1. The number of nitrogens with zero attached hydrogens (tertiary/aromatic N) is 4. The number of aromatic nitrogens is 3.